The van der Waals surface area contributed by atoms with Gasteiger partial charge in [0.15, 0.2) is 0 Å². The SMILES string of the molecule is O=C(NC(c1ccccc1)C12CC(CN1)C2)c1cccc(C(F)(F)F)c1Cl. The molecular weight excluding hydrogens is 377 g/mol. The largest absolute Gasteiger partial charge is 0.417 e. The summed E-state index contributed by atoms with van der Waals surface area (Å²) in [5.41, 5.74) is -0.510. The summed E-state index contributed by atoms with van der Waals surface area (Å²) in [7, 11) is 0. The lowest BCUT2D eigenvalue weighted by Crippen LogP contribution is -2.54. The summed E-state index contributed by atoms with van der Waals surface area (Å²) in [6.07, 6.45) is -2.74. The fourth-order valence-electron chi connectivity index (χ4n) is 4.27. The molecular formula is C20H18ClF3N2O. The van der Waals surface area contributed by atoms with Gasteiger partial charge in [-0.15, -0.1) is 0 Å². The van der Waals surface area contributed by atoms with Gasteiger partial charge in [-0.2, -0.15) is 13.2 Å². The monoisotopic (exact) mass is 394 g/mol. The Bertz CT molecular complexity index is 858. The molecule has 2 N–H and O–H groups in total. The van der Waals surface area contributed by atoms with Crippen LogP contribution in [0.5, 0.6) is 0 Å². The number of benzene rings is 2. The summed E-state index contributed by atoms with van der Waals surface area (Å²) in [5, 5.41) is 5.85. The average molecular weight is 395 g/mol. The highest BCUT2D eigenvalue weighted by molar-refractivity contribution is 6.34. The van der Waals surface area contributed by atoms with E-state index in [1.54, 1.807) is 0 Å². The number of rotatable bonds is 4. The van der Waals surface area contributed by atoms with E-state index in [9.17, 15) is 18.0 Å². The molecule has 3 aliphatic rings. The molecule has 1 unspecified atom stereocenters. The summed E-state index contributed by atoms with van der Waals surface area (Å²) < 4.78 is 39.3. The van der Waals surface area contributed by atoms with Gasteiger partial charge >= 0.3 is 6.18 Å². The molecule has 1 amide bonds. The molecule has 2 heterocycles. The minimum atomic E-state index is -4.61. The van der Waals surface area contributed by atoms with Gasteiger partial charge in [0.1, 0.15) is 0 Å². The number of hydrogen-bond donors (Lipinski definition) is 2. The number of alkyl halides is 3. The molecule has 3 nitrogen and oxygen atoms in total. The van der Waals surface area contributed by atoms with E-state index in [-0.39, 0.29) is 17.1 Å². The minimum absolute atomic E-state index is 0.169. The Labute approximate surface area is 159 Å². The van der Waals surface area contributed by atoms with E-state index in [1.165, 1.54) is 12.1 Å². The molecule has 2 aromatic carbocycles. The summed E-state index contributed by atoms with van der Waals surface area (Å²) in [4.78, 5) is 12.9. The molecule has 5 rings (SSSR count). The van der Waals surface area contributed by atoms with Crippen molar-refractivity contribution in [2.24, 2.45) is 5.92 Å². The molecule has 27 heavy (non-hydrogen) atoms. The zero-order chi connectivity index (χ0) is 19.2. The van der Waals surface area contributed by atoms with Crippen LogP contribution < -0.4 is 10.6 Å². The summed E-state index contributed by atoms with van der Waals surface area (Å²) >= 11 is 5.93. The van der Waals surface area contributed by atoms with Gasteiger partial charge in [-0.3, -0.25) is 4.79 Å². The van der Waals surface area contributed by atoms with Crippen LogP contribution in [0.3, 0.4) is 0 Å². The van der Waals surface area contributed by atoms with Crippen LogP contribution in [0.15, 0.2) is 48.5 Å². The van der Waals surface area contributed by atoms with Crippen molar-refractivity contribution >= 4 is 17.5 Å². The fraction of sp³-hybridized carbons (Fsp3) is 0.350. The van der Waals surface area contributed by atoms with Crippen LogP contribution in [-0.2, 0) is 6.18 Å². The lowest BCUT2D eigenvalue weighted by atomic mass is 9.67. The van der Waals surface area contributed by atoms with Gasteiger partial charge in [0.2, 0.25) is 0 Å². The Morgan fingerprint density at radius 2 is 1.85 bits per heavy atom. The highest BCUT2D eigenvalue weighted by atomic mass is 35.5. The van der Waals surface area contributed by atoms with Crippen LogP contribution in [0.2, 0.25) is 5.02 Å². The maximum atomic E-state index is 13.1. The number of nitrogens with one attached hydrogen (secondary N) is 2. The van der Waals surface area contributed by atoms with Gasteiger partial charge in [-0.25, -0.2) is 0 Å². The number of carbonyl (C=O) groups excluding carboxylic acids is 1. The summed E-state index contributed by atoms with van der Waals surface area (Å²) in [6.45, 7) is 0.892. The number of fused-ring (bicyclic) bond motifs is 1. The van der Waals surface area contributed by atoms with E-state index < -0.39 is 22.7 Å². The zero-order valence-electron chi connectivity index (χ0n) is 14.3. The molecule has 7 heteroatoms. The van der Waals surface area contributed by atoms with Crippen molar-refractivity contribution in [2.75, 3.05) is 6.54 Å². The average Bonchev–Trinajstić information content (AvgIpc) is 3.21. The topological polar surface area (TPSA) is 41.1 Å². The second kappa shape index (κ2) is 6.53. The molecule has 142 valence electrons. The van der Waals surface area contributed by atoms with E-state index in [0.717, 1.165) is 31.0 Å². The molecule has 2 aromatic rings. The Hall–Kier alpha value is -2.05. The van der Waals surface area contributed by atoms with Crippen molar-refractivity contribution in [3.8, 4) is 0 Å². The fourth-order valence-corrected chi connectivity index (χ4v) is 4.58. The molecule has 1 atom stereocenters. The molecule has 3 fully saturated rings. The van der Waals surface area contributed by atoms with E-state index in [0.29, 0.717) is 5.92 Å². The second-order valence-corrected chi connectivity index (χ2v) is 7.67. The van der Waals surface area contributed by atoms with Gasteiger partial charge in [0, 0.05) is 5.54 Å². The molecule has 0 aromatic heterocycles. The maximum absolute atomic E-state index is 13.1. The van der Waals surface area contributed by atoms with Crippen molar-refractivity contribution in [2.45, 2.75) is 30.6 Å². The highest BCUT2D eigenvalue weighted by Gasteiger charge is 2.55. The van der Waals surface area contributed by atoms with Crippen molar-refractivity contribution in [3.05, 3.63) is 70.2 Å². The van der Waals surface area contributed by atoms with Crippen molar-refractivity contribution < 1.29 is 18.0 Å². The molecule has 1 saturated carbocycles. The van der Waals surface area contributed by atoms with Crippen molar-refractivity contribution in [1.29, 1.82) is 0 Å². The Morgan fingerprint density at radius 1 is 1.15 bits per heavy atom. The lowest BCUT2D eigenvalue weighted by Gasteiger charge is -2.44. The number of halogens is 4. The van der Waals surface area contributed by atoms with Crippen LogP contribution in [0, 0.1) is 5.92 Å². The smallest absolute Gasteiger partial charge is 0.343 e. The van der Waals surface area contributed by atoms with Crippen LogP contribution in [0.25, 0.3) is 0 Å². The molecule has 0 spiro atoms. The molecule has 2 saturated heterocycles. The maximum Gasteiger partial charge on any atom is 0.417 e. The van der Waals surface area contributed by atoms with Gasteiger partial charge in [-0.05, 0) is 43.0 Å². The summed E-state index contributed by atoms with van der Waals surface area (Å²) in [6, 6.07) is 12.5. The Morgan fingerprint density at radius 3 is 2.44 bits per heavy atom. The predicted octanol–water partition coefficient (Wildman–Crippen LogP) is 4.58. The Kier molecular flexibility index (Phi) is 4.43. The first kappa shape index (κ1) is 18.3. The lowest BCUT2D eigenvalue weighted by molar-refractivity contribution is -0.137. The molecule has 0 radical (unpaired) electrons. The van der Waals surface area contributed by atoms with Gasteiger partial charge in [0.25, 0.3) is 5.91 Å². The van der Waals surface area contributed by atoms with Crippen molar-refractivity contribution in [1.82, 2.24) is 10.6 Å². The van der Waals surface area contributed by atoms with E-state index >= 15 is 0 Å². The first-order valence-corrected chi connectivity index (χ1v) is 9.14. The Balaban J connectivity index is 1.66. The third kappa shape index (κ3) is 3.21. The number of amides is 1. The first-order chi connectivity index (χ1) is 12.8. The third-order valence-electron chi connectivity index (χ3n) is 5.56. The normalized spacial score (nSPS) is 25.0. The summed E-state index contributed by atoms with van der Waals surface area (Å²) in [5.74, 6) is -0.0169. The minimum Gasteiger partial charge on any atom is -0.343 e. The predicted molar refractivity (Wildman–Crippen MR) is 96.6 cm³/mol. The van der Waals surface area contributed by atoms with Crippen LogP contribution >= 0.6 is 11.6 Å². The standard InChI is InChI=1S/C20H18ClF3N2O/c21-16-14(7-4-8-15(16)20(22,23)24)18(27)26-17(13-5-2-1-3-6-13)19-9-12(10-19)11-25-19/h1-8,12,17,25H,9-11H2,(H,26,27). The zero-order valence-corrected chi connectivity index (χ0v) is 15.1. The van der Waals surface area contributed by atoms with E-state index in [2.05, 4.69) is 10.6 Å². The van der Waals surface area contributed by atoms with E-state index in [1.807, 2.05) is 30.3 Å². The van der Waals surface area contributed by atoms with E-state index in [4.69, 9.17) is 11.6 Å². The highest BCUT2D eigenvalue weighted by Crippen LogP contribution is 2.50. The first-order valence-electron chi connectivity index (χ1n) is 8.77. The van der Waals surface area contributed by atoms with Crippen LogP contribution in [0.1, 0.15) is 40.4 Å². The van der Waals surface area contributed by atoms with Gasteiger partial charge in [0.05, 0.1) is 22.2 Å². The van der Waals surface area contributed by atoms with Crippen molar-refractivity contribution in [3.63, 3.8) is 0 Å². The van der Waals surface area contributed by atoms with Crippen LogP contribution in [0.4, 0.5) is 13.2 Å². The van der Waals surface area contributed by atoms with Gasteiger partial charge < -0.3 is 10.6 Å². The number of carbonyl (C=O) groups is 1. The van der Waals surface area contributed by atoms with Crippen LogP contribution in [-0.4, -0.2) is 18.0 Å². The third-order valence-corrected chi connectivity index (χ3v) is 5.97. The van der Waals surface area contributed by atoms with Gasteiger partial charge in [-0.1, -0.05) is 48.0 Å². The molecule has 1 aliphatic carbocycles. The number of hydrogen-bond acceptors (Lipinski definition) is 2. The quantitative estimate of drug-likeness (QED) is 0.796. The molecule has 2 aliphatic heterocycles. The molecule has 2 bridgehead atoms. The second-order valence-electron chi connectivity index (χ2n) is 7.29.